The lowest BCUT2D eigenvalue weighted by molar-refractivity contribution is 0.546. The molecule has 1 aromatic rings. The van der Waals surface area contributed by atoms with E-state index in [1.807, 2.05) is 19.4 Å². The molecule has 0 spiro atoms. The summed E-state index contributed by atoms with van der Waals surface area (Å²) in [6.45, 7) is 4.77. The highest BCUT2D eigenvalue weighted by atomic mass is 15.1. The zero-order valence-corrected chi connectivity index (χ0v) is 6.41. The van der Waals surface area contributed by atoms with Crippen molar-refractivity contribution >= 4 is 0 Å². The van der Waals surface area contributed by atoms with E-state index in [4.69, 9.17) is 5.73 Å². The van der Waals surface area contributed by atoms with Crippen LogP contribution in [0.1, 0.15) is 18.7 Å². The highest BCUT2D eigenvalue weighted by Crippen LogP contribution is 2.05. The third-order valence-electron chi connectivity index (χ3n) is 1.68. The van der Waals surface area contributed by atoms with Crippen LogP contribution in [-0.2, 0) is 0 Å². The molecular formula is C7H13N3. The minimum atomic E-state index is 0.363. The van der Waals surface area contributed by atoms with Gasteiger partial charge in [-0.3, -0.25) is 0 Å². The van der Waals surface area contributed by atoms with Crippen molar-refractivity contribution in [1.82, 2.24) is 9.55 Å². The molecule has 1 atom stereocenters. The molecule has 0 amide bonds. The van der Waals surface area contributed by atoms with Crippen LogP contribution in [0.4, 0.5) is 0 Å². The molecule has 1 aromatic heterocycles. The summed E-state index contributed by atoms with van der Waals surface area (Å²) in [6, 6.07) is 0.363. The summed E-state index contributed by atoms with van der Waals surface area (Å²) in [5.74, 6) is 0. The maximum Gasteiger partial charge on any atom is 0.0951 e. The highest BCUT2D eigenvalue weighted by Gasteiger charge is 2.02. The van der Waals surface area contributed by atoms with Gasteiger partial charge in [-0.15, -0.1) is 0 Å². The summed E-state index contributed by atoms with van der Waals surface area (Å²) in [6.07, 6.45) is 3.65. The molecule has 3 heteroatoms. The van der Waals surface area contributed by atoms with Crippen molar-refractivity contribution in [3.63, 3.8) is 0 Å². The van der Waals surface area contributed by atoms with Crippen LogP contribution >= 0.6 is 0 Å². The van der Waals surface area contributed by atoms with Crippen LogP contribution in [-0.4, -0.2) is 16.1 Å². The van der Waals surface area contributed by atoms with Gasteiger partial charge in [0.25, 0.3) is 0 Å². The predicted molar refractivity (Wildman–Crippen MR) is 40.7 cm³/mol. The molecule has 0 bridgehead atoms. The molecule has 0 aliphatic heterocycles. The first-order valence-corrected chi connectivity index (χ1v) is 3.44. The van der Waals surface area contributed by atoms with E-state index >= 15 is 0 Å². The second kappa shape index (κ2) is 2.84. The van der Waals surface area contributed by atoms with Crippen LogP contribution in [0.5, 0.6) is 0 Å². The van der Waals surface area contributed by atoms with Gasteiger partial charge in [0, 0.05) is 24.5 Å². The SMILES string of the molecule is Cc1cncn1C(C)CN. The average Bonchev–Trinajstić information content (AvgIpc) is 2.34. The fourth-order valence-corrected chi connectivity index (χ4v) is 0.946. The summed E-state index contributed by atoms with van der Waals surface area (Å²) < 4.78 is 2.07. The lowest BCUT2D eigenvalue weighted by atomic mass is 10.3. The molecule has 1 heterocycles. The number of aryl methyl sites for hydroxylation is 1. The second-order valence-corrected chi connectivity index (χ2v) is 2.53. The van der Waals surface area contributed by atoms with Gasteiger partial charge in [0.15, 0.2) is 0 Å². The Morgan fingerprint density at radius 3 is 2.90 bits per heavy atom. The molecule has 10 heavy (non-hydrogen) atoms. The van der Waals surface area contributed by atoms with Crippen LogP contribution in [0.25, 0.3) is 0 Å². The predicted octanol–water partition coefficient (Wildman–Crippen LogP) is 0.711. The number of rotatable bonds is 2. The second-order valence-electron chi connectivity index (χ2n) is 2.53. The van der Waals surface area contributed by atoms with E-state index < -0.39 is 0 Å². The topological polar surface area (TPSA) is 43.8 Å². The molecule has 1 rings (SSSR count). The minimum absolute atomic E-state index is 0.363. The molecule has 0 aromatic carbocycles. The van der Waals surface area contributed by atoms with E-state index in [9.17, 15) is 0 Å². The Morgan fingerprint density at radius 2 is 2.50 bits per heavy atom. The standard InChI is InChI=1S/C7H13N3/c1-6(3-8)10-5-9-4-7(10)2/h4-6H,3,8H2,1-2H3. The first-order chi connectivity index (χ1) is 4.75. The number of aromatic nitrogens is 2. The lowest BCUT2D eigenvalue weighted by Gasteiger charge is -2.11. The number of imidazole rings is 1. The van der Waals surface area contributed by atoms with Crippen molar-refractivity contribution in [2.75, 3.05) is 6.54 Å². The van der Waals surface area contributed by atoms with Crippen molar-refractivity contribution in [3.05, 3.63) is 18.2 Å². The van der Waals surface area contributed by atoms with Crippen molar-refractivity contribution in [1.29, 1.82) is 0 Å². The van der Waals surface area contributed by atoms with Gasteiger partial charge in [0.2, 0.25) is 0 Å². The van der Waals surface area contributed by atoms with E-state index in [-0.39, 0.29) is 0 Å². The Kier molecular flexibility index (Phi) is 2.06. The van der Waals surface area contributed by atoms with Gasteiger partial charge in [-0.1, -0.05) is 0 Å². The van der Waals surface area contributed by atoms with Crippen molar-refractivity contribution in [2.45, 2.75) is 19.9 Å². The molecule has 2 N–H and O–H groups in total. The van der Waals surface area contributed by atoms with Crippen LogP contribution in [0.2, 0.25) is 0 Å². The quantitative estimate of drug-likeness (QED) is 0.655. The van der Waals surface area contributed by atoms with Crippen LogP contribution in [0.15, 0.2) is 12.5 Å². The fourth-order valence-electron chi connectivity index (χ4n) is 0.946. The minimum Gasteiger partial charge on any atom is -0.331 e. The molecule has 0 saturated carbocycles. The fraction of sp³-hybridized carbons (Fsp3) is 0.571. The Morgan fingerprint density at radius 1 is 1.80 bits per heavy atom. The maximum absolute atomic E-state index is 5.48. The normalized spacial score (nSPS) is 13.5. The summed E-state index contributed by atoms with van der Waals surface area (Å²) >= 11 is 0. The number of hydrogen-bond donors (Lipinski definition) is 1. The van der Waals surface area contributed by atoms with Crippen molar-refractivity contribution < 1.29 is 0 Å². The van der Waals surface area contributed by atoms with Crippen molar-refractivity contribution in [2.24, 2.45) is 5.73 Å². The zero-order valence-electron chi connectivity index (χ0n) is 6.41. The van der Waals surface area contributed by atoms with Gasteiger partial charge >= 0.3 is 0 Å². The summed E-state index contributed by atoms with van der Waals surface area (Å²) in [5.41, 5.74) is 6.65. The molecule has 1 unspecified atom stereocenters. The smallest absolute Gasteiger partial charge is 0.0951 e. The van der Waals surface area contributed by atoms with Crippen LogP contribution in [0.3, 0.4) is 0 Å². The Hall–Kier alpha value is -0.830. The third-order valence-corrected chi connectivity index (χ3v) is 1.68. The van der Waals surface area contributed by atoms with Gasteiger partial charge in [-0.2, -0.15) is 0 Å². The van der Waals surface area contributed by atoms with E-state index in [1.54, 1.807) is 0 Å². The Balaban J connectivity index is 2.82. The number of nitrogens with zero attached hydrogens (tertiary/aromatic N) is 2. The van der Waals surface area contributed by atoms with Crippen LogP contribution in [0, 0.1) is 6.92 Å². The highest BCUT2D eigenvalue weighted by molar-refractivity contribution is 4.96. The van der Waals surface area contributed by atoms with E-state index in [1.165, 1.54) is 0 Å². The summed E-state index contributed by atoms with van der Waals surface area (Å²) in [7, 11) is 0. The van der Waals surface area contributed by atoms with E-state index in [0.29, 0.717) is 12.6 Å². The molecule has 0 aliphatic carbocycles. The van der Waals surface area contributed by atoms with Gasteiger partial charge in [-0.25, -0.2) is 4.98 Å². The van der Waals surface area contributed by atoms with Gasteiger partial charge in [0.1, 0.15) is 0 Å². The van der Waals surface area contributed by atoms with Gasteiger partial charge in [-0.05, 0) is 13.8 Å². The Bertz CT molecular complexity index is 204. The first kappa shape index (κ1) is 7.28. The lowest BCUT2D eigenvalue weighted by Crippen LogP contribution is -2.16. The summed E-state index contributed by atoms with van der Waals surface area (Å²) in [5, 5.41) is 0. The molecular weight excluding hydrogens is 126 g/mol. The molecule has 3 nitrogen and oxygen atoms in total. The maximum atomic E-state index is 5.48. The largest absolute Gasteiger partial charge is 0.331 e. The van der Waals surface area contributed by atoms with Crippen LogP contribution < -0.4 is 5.73 Å². The zero-order chi connectivity index (χ0) is 7.56. The summed E-state index contributed by atoms with van der Waals surface area (Å²) in [4.78, 5) is 4.00. The molecule has 0 saturated heterocycles. The van der Waals surface area contributed by atoms with E-state index in [0.717, 1.165) is 5.69 Å². The number of nitrogens with two attached hydrogens (primary N) is 1. The molecule has 0 aliphatic rings. The third kappa shape index (κ3) is 1.19. The molecule has 56 valence electrons. The number of hydrogen-bond acceptors (Lipinski definition) is 2. The molecule has 0 fully saturated rings. The monoisotopic (exact) mass is 139 g/mol. The average molecular weight is 139 g/mol. The Labute approximate surface area is 60.9 Å². The van der Waals surface area contributed by atoms with Crippen molar-refractivity contribution in [3.8, 4) is 0 Å². The van der Waals surface area contributed by atoms with Gasteiger partial charge in [0.05, 0.1) is 6.33 Å². The van der Waals surface area contributed by atoms with Gasteiger partial charge < -0.3 is 10.3 Å². The molecule has 0 radical (unpaired) electrons. The van der Waals surface area contributed by atoms with E-state index in [2.05, 4.69) is 16.5 Å². The first-order valence-electron chi connectivity index (χ1n) is 3.44.